The van der Waals surface area contributed by atoms with Crippen LogP contribution in [-0.4, -0.2) is 63.1 Å². The molecule has 0 unspecified atom stereocenters. The summed E-state index contributed by atoms with van der Waals surface area (Å²) in [6.45, 7) is 9.12. The first kappa shape index (κ1) is 27.3. The molecule has 0 radical (unpaired) electrons. The zero-order valence-corrected chi connectivity index (χ0v) is 22.7. The van der Waals surface area contributed by atoms with Crippen LogP contribution in [0.5, 0.6) is 0 Å². The Morgan fingerprint density at radius 1 is 1.16 bits per heavy atom. The quantitative estimate of drug-likeness (QED) is 0.503. The number of likely N-dealkylation sites (tertiary alicyclic amines) is 1. The van der Waals surface area contributed by atoms with Crippen molar-refractivity contribution in [2.24, 2.45) is 0 Å². The summed E-state index contributed by atoms with van der Waals surface area (Å²) >= 11 is 1.12. The number of amides is 1. The highest BCUT2D eigenvalue weighted by atomic mass is 32.2. The van der Waals surface area contributed by atoms with Crippen LogP contribution in [0.15, 0.2) is 23.1 Å². The second-order valence-electron chi connectivity index (χ2n) is 10.5. The van der Waals surface area contributed by atoms with Gasteiger partial charge in [-0.1, -0.05) is 17.4 Å². The number of benzene rings is 1. The van der Waals surface area contributed by atoms with Crippen LogP contribution in [0.4, 0.5) is 18.0 Å². The lowest BCUT2D eigenvalue weighted by Gasteiger charge is -2.39. The lowest BCUT2D eigenvalue weighted by Crippen LogP contribution is -2.57. The molecule has 1 amide bonds. The molecule has 0 bridgehead atoms. The van der Waals surface area contributed by atoms with Crippen molar-refractivity contribution in [2.75, 3.05) is 13.1 Å². The highest BCUT2D eigenvalue weighted by molar-refractivity contribution is 7.92. The molecule has 4 rings (SSSR count). The summed E-state index contributed by atoms with van der Waals surface area (Å²) in [6.07, 6.45) is -5.65. The molecule has 1 N–H and O–H groups in total. The van der Waals surface area contributed by atoms with Crippen molar-refractivity contribution in [2.45, 2.75) is 69.1 Å². The molecule has 3 aromatic rings. The number of carbonyl (C=O) groups excluding carboxylic acids is 1. The van der Waals surface area contributed by atoms with Crippen LogP contribution in [0.25, 0.3) is 16.2 Å². The molecule has 1 aliphatic rings. The van der Waals surface area contributed by atoms with Crippen molar-refractivity contribution < 1.29 is 36.2 Å². The Bertz CT molecular complexity index is 1470. The number of imidazole rings is 1. The zero-order chi connectivity index (χ0) is 27.7. The second kappa shape index (κ2) is 8.67. The number of hydrogen-bond acceptors (Lipinski definition) is 8. The number of fused-ring (bicyclic) bond motifs is 1. The fourth-order valence-electron chi connectivity index (χ4n) is 3.86. The fourth-order valence-corrected chi connectivity index (χ4v) is 6.70. The number of alkyl halides is 3. The summed E-state index contributed by atoms with van der Waals surface area (Å²) in [5.74, 6) is 0. The number of ether oxygens (including phenoxy) is 1. The topological polar surface area (TPSA) is 114 Å². The molecule has 0 aliphatic carbocycles. The van der Waals surface area contributed by atoms with Crippen LogP contribution in [-0.2, 0) is 26.4 Å². The zero-order valence-electron chi connectivity index (χ0n) is 21.0. The normalized spacial score (nSPS) is 15.8. The van der Waals surface area contributed by atoms with Gasteiger partial charge in [0.15, 0.2) is 9.84 Å². The molecule has 1 aromatic carbocycles. The first-order valence-corrected chi connectivity index (χ1v) is 13.7. The highest BCUT2D eigenvalue weighted by Gasteiger charge is 2.46. The van der Waals surface area contributed by atoms with E-state index in [4.69, 9.17) is 4.74 Å². The van der Waals surface area contributed by atoms with E-state index >= 15 is 0 Å². The van der Waals surface area contributed by atoms with Crippen LogP contribution in [0.2, 0.25) is 0 Å². The third kappa shape index (κ3) is 5.18. The van der Waals surface area contributed by atoms with Crippen LogP contribution in [0.3, 0.4) is 0 Å². The summed E-state index contributed by atoms with van der Waals surface area (Å²) < 4.78 is 75.1. The highest BCUT2D eigenvalue weighted by Crippen LogP contribution is 2.40. The van der Waals surface area contributed by atoms with Crippen molar-refractivity contribution >= 4 is 32.2 Å². The number of halogens is 3. The molecular formula is C23H27F3N4O5S2. The van der Waals surface area contributed by atoms with E-state index in [9.17, 15) is 31.5 Å². The van der Waals surface area contributed by atoms with Crippen LogP contribution < -0.4 is 0 Å². The predicted molar refractivity (Wildman–Crippen MR) is 130 cm³/mol. The molecule has 37 heavy (non-hydrogen) atoms. The van der Waals surface area contributed by atoms with Gasteiger partial charge in [-0.05, 0) is 53.7 Å². The monoisotopic (exact) mass is 560 g/mol. The molecule has 9 nitrogen and oxygen atoms in total. The second-order valence-corrected chi connectivity index (χ2v) is 13.6. The number of nitrogens with zero attached hydrogens (tertiary/aromatic N) is 4. The molecule has 1 fully saturated rings. The fraction of sp³-hybridized carbons (Fsp3) is 0.522. The third-order valence-electron chi connectivity index (χ3n) is 5.71. The van der Waals surface area contributed by atoms with E-state index in [-0.39, 0.29) is 18.7 Å². The van der Waals surface area contributed by atoms with Crippen molar-refractivity contribution in [3.63, 3.8) is 0 Å². The SMILES string of the molecule is Cc1nc2sc(C(C)(C)O)nn2c1-c1ccc(C(F)(F)F)c(S(=O)(=O)C2CN(C(=O)OC(C)(C)C)C2)c1. The molecule has 2 aromatic heterocycles. The maximum absolute atomic E-state index is 13.9. The summed E-state index contributed by atoms with van der Waals surface area (Å²) in [5, 5.41) is 13.8. The van der Waals surface area contributed by atoms with Gasteiger partial charge in [-0.3, -0.25) is 0 Å². The first-order chi connectivity index (χ1) is 16.8. The van der Waals surface area contributed by atoms with Gasteiger partial charge in [0.25, 0.3) is 0 Å². The number of aromatic nitrogens is 3. The van der Waals surface area contributed by atoms with E-state index in [1.165, 1.54) is 10.6 Å². The number of hydrogen-bond donors (Lipinski definition) is 1. The van der Waals surface area contributed by atoms with E-state index in [0.717, 1.165) is 28.4 Å². The molecule has 0 saturated carbocycles. The lowest BCUT2D eigenvalue weighted by atomic mass is 10.1. The van der Waals surface area contributed by atoms with Gasteiger partial charge in [0.2, 0.25) is 4.96 Å². The lowest BCUT2D eigenvalue weighted by molar-refractivity contribution is -0.139. The summed E-state index contributed by atoms with van der Waals surface area (Å²) in [6, 6.07) is 2.89. The Balaban J connectivity index is 1.75. The van der Waals surface area contributed by atoms with Crippen molar-refractivity contribution in [3.8, 4) is 11.3 Å². The Morgan fingerprint density at radius 2 is 1.78 bits per heavy atom. The summed E-state index contributed by atoms with van der Waals surface area (Å²) in [5.41, 5.74) is -2.43. The predicted octanol–water partition coefficient (Wildman–Crippen LogP) is 4.41. The van der Waals surface area contributed by atoms with Crippen molar-refractivity contribution in [1.82, 2.24) is 19.5 Å². The van der Waals surface area contributed by atoms with Crippen molar-refractivity contribution in [3.05, 3.63) is 34.5 Å². The van der Waals surface area contributed by atoms with Gasteiger partial charge in [-0.15, -0.1) is 0 Å². The van der Waals surface area contributed by atoms with Gasteiger partial charge >= 0.3 is 12.3 Å². The Morgan fingerprint density at radius 3 is 2.32 bits per heavy atom. The van der Waals surface area contributed by atoms with Crippen molar-refractivity contribution in [1.29, 1.82) is 0 Å². The Hall–Kier alpha value is -2.71. The molecular weight excluding hydrogens is 533 g/mol. The number of rotatable bonds is 4. The first-order valence-electron chi connectivity index (χ1n) is 11.3. The van der Waals surface area contributed by atoms with E-state index in [1.807, 2.05) is 0 Å². The van der Waals surface area contributed by atoms with Gasteiger partial charge in [0.1, 0.15) is 21.5 Å². The largest absolute Gasteiger partial charge is 0.444 e. The number of aryl methyl sites for hydroxylation is 1. The van der Waals surface area contributed by atoms with E-state index in [2.05, 4.69) is 10.1 Å². The molecule has 1 saturated heterocycles. The minimum atomic E-state index is -4.92. The molecule has 14 heteroatoms. The molecule has 0 atom stereocenters. The number of aliphatic hydroxyl groups is 1. The third-order valence-corrected chi connectivity index (χ3v) is 9.05. The summed E-state index contributed by atoms with van der Waals surface area (Å²) in [4.78, 5) is 17.3. The van der Waals surface area contributed by atoms with Gasteiger partial charge < -0.3 is 14.7 Å². The average molecular weight is 561 g/mol. The van der Waals surface area contributed by atoms with Gasteiger partial charge in [0, 0.05) is 18.7 Å². The standard InChI is InChI=1S/C23H27F3N4O5S2/c1-12-17(30-19(27-12)36-18(28-30)22(5,6)32)13-7-8-15(23(24,25)26)16(9-13)37(33,34)14-10-29(11-14)20(31)35-21(2,3)4/h7-9,14,32H,10-11H2,1-6H3. The van der Waals surface area contributed by atoms with Crippen LogP contribution >= 0.6 is 11.3 Å². The minimum absolute atomic E-state index is 0.174. The molecule has 3 heterocycles. The van der Waals surface area contributed by atoms with E-state index in [1.54, 1.807) is 41.5 Å². The average Bonchev–Trinajstić information content (AvgIpc) is 3.20. The maximum atomic E-state index is 13.9. The van der Waals surface area contributed by atoms with E-state index in [0.29, 0.717) is 21.4 Å². The van der Waals surface area contributed by atoms with Gasteiger partial charge in [-0.25, -0.2) is 22.7 Å². The molecule has 1 aliphatic heterocycles. The van der Waals surface area contributed by atoms with E-state index < -0.39 is 49.0 Å². The van der Waals surface area contributed by atoms with Gasteiger partial charge in [-0.2, -0.15) is 18.3 Å². The Labute approximate surface area is 215 Å². The smallest absolute Gasteiger partial charge is 0.417 e. The number of carbonyl (C=O) groups is 1. The van der Waals surface area contributed by atoms with Gasteiger partial charge in [0.05, 0.1) is 21.8 Å². The maximum Gasteiger partial charge on any atom is 0.417 e. The molecule has 0 spiro atoms. The number of sulfone groups is 1. The van der Waals surface area contributed by atoms with Crippen LogP contribution in [0, 0.1) is 6.92 Å². The molecule has 202 valence electrons. The summed E-state index contributed by atoms with van der Waals surface area (Å²) in [7, 11) is -4.48. The van der Waals surface area contributed by atoms with Crippen LogP contribution in [0.1, 0.15) is 50.9 Å². The Kier molecular flexibility index (Phi) is 6.40. The minimum Gasteiger partial charge on any atom is -0.444 e.